The molecule has 0 radical (unpaired) electrons. The molecule has 4 rings (SSSR count). The second-order valence-corrected chi connectivity index (χ2v) is 8.03. The van der Waals surface area contributed by atoms with Crippen LogP contribution in [0.4, 0.5) is 4.79 Å². The highest BCUT2D eigenvalue weighted by Crippen LogP contribution is 2.29. The van der Waals surface area contributed by atoms with Gasteiger partial charge in [0.1, 0.15) is 5.54 Å². The van der Waals surface area contributed by atoms with Crippen molar-refractivity contribution in [3.8, 4) is 0 Å². The smallest absolute Gasteiger partial charge is 0.326 e. The minimum atomic E-state index is -1.04. The van der Waals surface area contributed by atoms with Crippen LogP contribution in [-0.4, -0.2) is 53.4 Å². The molecular formula is C23H26N4O3. The molecule has 7 nitrogen and oxygen atoms in total. The summed E-state index contributed by atoms with van der Waals surface area (Å²) in [7, 11) is 0. The van der Waals surface area contributed by atoms with E-state index in [0.717, 1.165) is 18.4 Å². The number of rotatable bonds is 5. The lowest BCUT2D eigenvalue weighted by molar-refractivity contribution is -0.132. The van der Waals surface area contributed by atoms with Crippen molar-refractivity contribution in [1.29, 1.82) is 0 Å². The summed E-state index contributed by atoms with van der Waals surface area (Å²) in [4.78, 5) is 41.3. The van der Waals surface area contributed by atoms with Crippen molar-refractivity contribution < 1.29 is 14.4 Å². The second-order valence-electron chi connectivity index (χ2n) is 8.03. The monoisotopic (exact) mass is 406 g/mol. The van der Waals surface area contributed by atoms with Gasteiger partial charge in [0.05, 0.1) is 6.67 Å². The Hall–Kier alpha value is -3.19. The van der Waals surface area contributed by atoms with Gasteiger partial charge in [-0.15, -0.1) is 0 Å². The molecule has 2 aromatic rings. The molecule has 1 atom stereocenters. The molecule has 30 heavy (non-hydrogen) atoms. The first-order chi connectivity index (χ1) is 14.5. The van der Waals surface area contributed by atoms with Gasteiger partial charge >= 0.3 is 6.03 Å². The Bertz CT molecular complexity index is 926. The van der Waals surface area contributed by atoms with Crippen molar-refractivity contribution in [1.82, 2.24) is 20.4 Å². The molecule has 2 aliphatic rings. The maximum absolute atomic E-state index is 13.0. The molecule has 7 heteroatoms. The maximum Gasteiger partial charge on any atom is 0.326 e. The van der Waals surface area contributed by atoms with Gasteiger partial charge in [0.15, 0.2) is 0 Å². The number of hydrogen-bond donors (Lipinski definition) is 2. The van der Waals surface area contributed by atoms with E-state index in [2.05, 4.69) is 15.5 Å². The number of carbonyl (C=O) groups excluding carboxylic acids is 3. The number of carbonyl (C=O) groups is 3. The Balaban J connectivity index is 1.32. The predicted molar refractivity (Wildman–Crippen MR) is 113 cm³/mol. The van der Waals surface area contributed by atoms with Gasteiger partial charge in [-0.05, 0) is 37.5 Å². The molecule has 2 saturated heterocycles. The summed E-state index contributed by atoms with van der Waals surface area (Å²) in [5.41, 5.74) is 0.382. The Labute approximate surface area is 176 Å². The van der Waals surface area contributed by atoms with Crippen LogP contribution < -0.4 is 10.6 Å². The number of imide groups is 1. The van der Waals surface area contributed by atoms with Crippen molar-refractivity contribution >= 4 is 17.8 Å². The zero-order valence-corrected chi connectivity index (χ0v) is 17.0. The standard InChI is InChI=1S/C23H26N4O3/c1-23(18-10-6-3-7-11-18)21(29)27(22(30)25-23)16-26-14-12-19(13-15-26)24-20(28)17-8-4-2-5-9-17/h2-11,19H,12-16H2,1H3,(H,24,28)(H,25,30). The molecule has 0 aliphatic carbocycles. The van der Waals surface area contributed by atoms with E-state index >= 15 is 0 Å². The number of nitrogens with one attached hydrogen (secondary N) is 2. The van der Waals surface area contributed by atoms with E-state index in [1.165, 1.54) is 4.90 Å². The summed E-state index contributed by atoms with van der Waals surface area (Å²) in [6.07, 6.45) is 1.55. The van der Waals surface area contributed by atoms with Crippen molar-refractivity contribution in [3.05, 3.63) is 71.8 Å². The third-order valence-corrected chi connectivity index (χ3v) is 5.93. The number of urea groups is 1. The van der Waals surface area contributed by atoms with Crippen LogP contribution >= 0.6 is 0 Å². The van der Waals surface area contributed by atoms with Gasteiger partial charge in [-0.3, -0.25) is 14.5 Å². The number of piperidine rings is 1. The summed E-state index contributed by atoms with van der Waals surface area (Å²) in [5.74, 6) is -0.306. The topological polar surface area (TPSA) is 81.8 Å². The van der Waals surface area contributed by atoms with Crippen LogP contribution in [0.3, 0.4) is 0 Å². The Kier molecular flexibility index (Phi) is 5.55. The summed E-state index contributed by atoms with van der Waals surface area (Å²) in [6.45, 7) is 3.41. The summed E-state index contributed by atoms with van der Waals surface area (Å²) >= 11 is 0. The fourth-order valence-electron chi connectivity index (χ4n) is 4.07. The van der Waals surface area contributed by atoms with Crippen molar-refractivity contribution in [2.75, 3.05) is 19.8 Å². The van der Waals surface area contributed by atoms with E-state index in [9.17, 15) is 14.4 Å². The highest BCUT2D eigenvalue weighted by atomic mass is 16.2. The maximum atomic E-state index is 13.0. The molecule has 2 aliphatic heterocycles. The van der Waals surface area contributed by atoms with E-state index in [0.29, 0.717) is 18.7 Å². The molecule has 0 saturated carbocycles. The molecule has 0 spiro atoms. The number of hydrogen-bond acceptors (Lipinski definition) is 4. The molecule has 2 heterocycles. The van der Waals surface area contributed by atoms with Crippen molar-refractivity contribution in [2.45, 2.75) is 31.3 Å². The Morgan fingerprint density at radius 2 is 1.63 bits per heavy atom. The average Bonchev–Trinajstić information content (AvgIpc) is 3.00. The number of amides is 4. The lowest BCUT2D eigenvalue weighted by Crippen LogP contribution is -2.49. The number of nitrogens with zero attached hydrogens (tertiary/aromatic N) is 2. The molecule has 156 valence electrons. The van der Waals surface area contributed by atoms with Crippen LogP contribution in [0.5, 0.6) is 0 Å². The fourth-order valence-corrected chi connectivity index (χ4v) is 4.07. The van der Waals surface area contributed by atoms with Crippen LogP contribution in [0.2, 0.25) is 0 Å². The quantitative estimate of drug-likeness (QED) is 0.747. The lowest BCUT2D eigenvalue weighted by atomic mass is 9.92. The summed E-state index contributed by atoms with van der Waals surface area (Å²) < 4.78 is 0. The van der Waals surface area contributed by atoms with E-state index in [1.807, 2.05) is 48.5 Å². The SMILES string of the molecule is CC1(c2ccccc2)NC(=O)N(CN2CCC(NC(=O)c3ccccc3)CC2)C1=O. The summed E-state index contributed by atoms with van der Waals surface area (Å²) in [6, 6.07) is 18.2. The molecule has 1 unspecified atom stereocenters. The molecule has 2 fully saturated rings. The van der Waals surface area contributed by atoms with E-state index in [1.54, 1.807) is 19.1 Å². The van der Waals surface area contributed by atoms with Gasteiger partial charge in [0.2, 0.25) is 0 Å². The van der Waals surface area contributed by atoms with Crippen molar-refractivity contribution in [3.63, 3.8) is 0 Å². The zero-order valence-electron chi connectivity index (χ0n) is 17.0. The minimum Gasteiger partial charge on any atom is -0.349 e. The highest BCUT2D eigenvalue weighted by molar-refractivity contribution is 6.07. The zero-order chi connectivity index (χ0) is 21.1. The average molecular weight is 406 g/mol. The van der Waals surface area contributed by atoms with E-state index in [-0.39, 0.29) is 30.6 Å². The Morgan fingerprint density at radius 3 is 2.27 bits per heavy atom. The fraction of sp³-hybridized carbons (Fsp3) is 0.348. The third-order valence-electron chi connectivity index (χ3n) is 5.93. The lowest BCUT2D eigenvalue weighted by Gasteiger charge is -2.34. The van der Waals surface area contributed by atoms with Gasteiger partial charge in [-0.1, -0.05) is 48.5 Å². The molecule has 0 aromatic heterocycles. The Morgan fingerprint density at radius 1 is 1.03 bits per heavy atom. The third kappa shape index (κ3) is 3.93. The molecule has 4 amide bonds. The van der Waals surface area contributed by atoms with Gasteiger partial charge < -0.3 is 10.6 Å². The predicted octanol–water partition coefficient (Wildman–Crippen LogP) is 2.31. The van der Waals surface area contributed by atoms with Crippen molar-refractivity contribution in [2.24, 2.45) is 0 Å². The van der Waals surface area contributed by atoms with Crippen LogP contribution in [0.15, 0.2) is 60.7 Å². The second kappa shape index (κ2) is 8.28. The number of likely N-dealkylation sites (tertiary alicyclic amines) is 1. The van der Waals surface area contributed by atoms with Gasteiger partial charge in [0, 0.05) is 24.7 Å². The summed E-state index contributed by atoms with van der Waals surface area (Å²) in [5, 5.41) is 5.92. The largest absolute Gasteiger partial charge is 0.349 e. The number of benzene rings is 2. The minimum absolute atomic E-state index is 0.0678. The van der Waals surface area contributed by atoms with E-state index < -0.39 is 5.54 Å². The van der Waals surface area contributed by atoms with Crippen LogP contribution in [0.1, 0.15) is 35.7 Å². The van der Waals surface area contributed by atoms with Gasteiger partial charge in [-0.25, -0.2) is 9.69 Å². The van der Waals surface area contributed by atoms with E-state index in [4.69, 9.17) is 0 Å². The normalized spacial score (nSPS) is 22.8. The van der Waals surface area contributed by atoms with Crippen LogP contribution in [0, 0.1) is 0 Å². The first-order valence-corrected chi connectivity index (χ1v) is 10.3. The molecule has 0 bridgehead atoms. The first kappa shape index (κ1) is 20.1. The highest BCUT2D eigenvalue weighted by Gasteiger charge is 2.49. The molecule has 2 aromatic carbocycles. The molecule has 2 N–H and O–H groups in total. The van der Waals surface area contributed by atoms with Crippen LogP contribution in [-0.2, 0) is 10.3 Å². The van der Waals surface area contributed by atoms with Gasteiger partial charge in [0.25, 0.3) is 11.8 Å². The molecular weight excluding hydrogens is 380 g/mol. The first-order valence-electron chi connectivity index (χ1n) is 10.3. The van der Waals surface area contributed by atoms with Gasteiger partial charge in [-0.2, -0.15) is 0 Å². The van der Waals surface area contributed by atoms with Crippen LogP contribution in [0.25, 0.3) is 0 Å².